The Labute approximate surface area is 91.7 Å². The summed E-state index contributed by atoms with van der Waals surface area (Å²) in [5, 5.41) is 0.640. The van der Waals surface area contributed by atoms with Gasteiger partial charge in [0.15, 0.2) is 12.9 Å². The van der Waals surface area contributed by atoms with E-state index in [4.69, 9.17) is 22.1 Å². The molecule has 1 heterocycles. The van der Waals surface area contributed by atoms with Gasteiger partial charge in [-0.25, -0.2) is 9.38 Å². The van der Waals surface area contributed by atoms with Crippen LogP contribution in [0.4, 0.5) is 4.39 Å². The van der Waals surface area contributed by atoms with Gasteiger partial charge in [0.05, 0.1) is 0 Å². The van der Waals surface area contributed by atoms with Crippen LogP contribution in [0.25, 0.3) is 0 Å². The lowest BCUT2D eigenvalue weighted by molar-refractivity contribution is 0.192. The molecule has 2 unspecified atom stereocenters. The van der Waals surface area contributed by atoms with Gasteiger partial charge in [-0.3, -0.25) is 5.73 Å². The lowest BCUT2D eigenvalue weighted by atomic mass is 10.1. The van der Waals surface area contributed by atoms with Crippen LogP contribution in [0.15, 0.2) is 29.3 Å². The highest BCUT2D eigenvalue weighted by molar-refractivity contribution is 6.30. The molecule has 1 aromatic carbocycles. The number of nitrogens with zero attached hydrogens (tertiary/aromatic N) is 1. The van der Waals surface area contributed by atoms with Gasteiger partial charge < -0.3 is 4.74 Å². The van der Waals surface area contributed by atoms with E-state index in [0.717, 1.165) is 5.56 Å². The second-order valence-electron chi connectivity index (χ2n) is 3.24. The number of alkyl halides is 1. The maximum atomic E-state index is 12.3. The predicted octanol–water partition coefficient (Wildman–Crippen LogP) is 2.06. The van der Waals surface area contributed by atoms with Crippen molar-refractivity contribution in [2.75, 3.05) is 6.67 Å². The second-order valence-corrected chi connectivity index (χ2v) is 3.67. The molecule has 80 valence electrons. The fourth-order valence-electron chi connectivity index (χ4n) is 1.47. The van der Waals surface area contributed by atoms with Crippen molar-refractivity contribution < 1.29 is 9.13 Å². The van der Waals surface area contributed by atoms with E-state index in [1.54, 1.807) is 24.3 Å². The van der Waals surface area contributed by atoms with Crippen molar-refractivity contribution in [3.05, 3.63) is 34.9 Å². The average Bonchev–Trinajstić information content (AvgIpc) is 2.61. The third-order valence-electron chi connectivity index (χ3n) is 2.19. The molecule has 2 rings (SSSR count). The maximum absolute atomic E-state index is 12.3. The van der Waals surface area contributed by atoms with E-state index < -0.39 is 12.9 Å². The van der Waals surface area contributed by atoms with Crippen LogP contribution < -0.4 is 5.73 Å². The Morgan fingerprint density at radius 1 is 1.40 bits per heavy atom. The number of nitrogens with two attached hydrogens (primary N) is 1. The van der Waals surface area contributed by atoms with Gasteiger partial charge in [-0.2, -0.15) is 0 Å². The Morgan fingerprint density at radius 2 is 2.07 bits per heavy atom. The molecule has 0 spiro atoms. The first-order valence-corrected chi connectivity index (χ1v) is 4.89. The molecule has 0 saturated heterocycles. The molecule has 0 aliphatic carbocycles. The molecule has 0 amide bonds. The van der Waals surface area contributed by atoms with Crippen LogP contribution in [-0.4, -0.2) is 18.8 Å². The topological polar surface area (TPSA) is 47.6 Å². The van der Waals surface area contributed by atoms with Crippen molar-refractivity contribution in [1.29, 1.82) is 0 Å². The number of ether oxygens (including phenoxy) is 1. The van der Waals surface area contributed by atoms with Crippen LogP contribution in [0, 0.1) is 0 Å². The molecule has 1 aliphatic rings. The number of rotatable bonds is 2. The van der Waals surface area contributed by atoms with Gasteiger partial charge >= 0.3 is 0 Å². The highest BCUT2D eigenvalue weighted by Crippen LogP contribution is 2.27. The zero-order valence-corrected chi connectivity index (χ0v) is 8.62. The van der Waals surface area contributed by atoms with Crippen molar-refractivity contribution in [1.82, 2.24) is 0 Å². The number of halogens is 2. The summed E-state index contributed by atoms with van der Waals surface area (Å²) in [6.45, 7) is -0.724. The largest absolute Gasteiger partial charge is 0.457 e. The van der Waals surface area contributed by atoms with Crippen molar-refractivity contribution in [2.45, 2.75) is 12.3 Å². The lowest BCUT2D eigenvalue weighted by Crippen LogP contribution is -2.26. The first-order chi connectivity index (χ1) is 7.20. The Bertz CT molecular complexity index is 380. The summed E-state index contributed by atoms with van der Waals surface area (Å²) >= 11 is 5.75. The van der Waals surface area contributed by atoms with E-state index in [1.807, 2.05) is 0 Å². The standard InChI is InChI=1S/C10H10ClFN2O/c11-7-3-1-6(2-4-7)9-10(13)15-8(5-12)14-9/h1-4,9-10H,5,13H2. The number of hydrogen-bond donors (Lipinski definition) is 1. The molecular formula is C10H10ClFN2O. The number of hydrogen-bond acceptors (Lipinski definition) is 3. The molecule has 0 bridgehead atoms. The fraction of sp³-hybridized carbons (Fsp3) is 0.300. The Kier molecular flexibility index (Phi) is 2.88. The van der Waals surface area contributed by atoms with Gasteiger partial charge in [-0.1, -0.05) is 23.7 Å². The Hall–Kier alpha value is -1.13. The fourth-order valence-corrected chi connectivity index (χ4v) is 1.60. The second kappa shape index (κ2) is 4.16. The third-order valence-corrected chi connectivity index (χ3v) is 2.44. The lowest BCUT2D eigenvalue weighted by Gasteiger charge is -2.12. The Morgan fingerprint density at radius 3 is 2.60 bits per heavy atom. The molecule has 0 saturated carbocycles. The quantitative estimate of drug-likeness (QED) is 0.842. The minimum absolute atomic E-state index is 0.0578. The van der Waals surface area contributed by atoms with Crippen molar-refractivity contribution in [3.63, 3.8) is 0 Å². The van der Waals surface area contributed by atoms with Crippen LogP contribution >= 0.6 is 11.6 Å². The third kappa shape index (κ3) is 2.11. The van der Waals surface area contributed by atoms with Crippen LogP contribution in [0.1, 0.15) is 11.6 Å². The molecule has 1 aromatic rings. The SMILES string of the molecule is NC1OC(CF)=NC1c1ccc(Cl)cc1. The summed E-state index contributed by atoms with van der Waals surface area (Å²) in [5.74, 6) is 0.0578. The van der Waals surface area contributed by atoms with Gasteiger partial charge in [-0.05, 0) is 17.7 Å². The minimum Gasteiger partial charge on any atom is -0.457 e. The highest BCUT2D eigenvalue weighted by Gasteiger charge is 2.28. The maximum Gasteiger partial charge on any atom is 0.218 e. The van der Waals surface area contributed by atoms with Gasteiger partial charge in [0.1, 0.15) is 6.04 Å². The molecule has 3 nitrogen and oxygen atoms in total. The van der Waals surface area contributed by atoms with Gasteiger partial charge in [-0.15, -0.1) is 0 Å². The summed E-state index contributed by atoms with van der Waals surface area (Å²) in [6, 6.07) is 6.76. The molecule has 15 heavy (non-hydrogen) atoms. The first kappa shape index (κ1) is 10.4. The van der Waals surface area contributed by atoms with E-state index in [0.29, 0.717) is 5.02 Å². The summed E-state index contributed by atoms with van der Waals surface area (Å²) in [4.78, 5) is 4.04. The summed E-state index contributed by atoms with van der Waals surface area (Å²) < 4.78 is 17.3. The summed E-state index contributed by atoms with van der Waals surface area (Å²) in [6.07, 6.45) is -0.614. The van der Waals surface area contributed by atoms with E-state index in [2.05, 4.69) is 4.99 Å². The zero-order chi connectivity index (χ0) is 10.8. The van der Waals surface area contributed by atoms with Crippen LogP contribution in [-0.2, 0) is 4.74 Å². The monoisotopic (exact) mass is 228 g/mol. The Balaban J connectivity index is 2.24. The average molecular weight is 229 g/mol. The molecule has 0 radical (unpaired) electrons. The summed E-state index contributed by atoms with van der Waals surface area (Å²) in [7, 11) is 0. The van der Waals surface area contributed by atoms with Crippen LogP contribution in [0.3, 0.4) is 0 Å². The zero-order valence-electron chi connectivity index (χ0n) is 7.86. The molecule has 5 heteroatoms. The van der Waals surface area contributed by atoms with E-state index in [1.165, 1.54) is 0 Å². The van der Waals surface area contributed by atoms with E-state index in [9.17, 15) is 4.39 Å². The van der Waals surface area contributed by atoms with Gasteiger partial charge in [0.25, 0.3) is 0 Å². The van der Waals surface area contributed by atoms with Gasteiger partial charge in [0.2, 0.25) is 5.90 Å². The van der Waals surface area contributed by atoms with E-state index >= 15 is 0 Å². The van der Waals surface area contributed by atoms with Crippen molar-refractivity contribution in [3.8, 4) is 0 Å². The predicted molar refractivity (Wildman–Crippen MR) is 56.7 cm³/mol. The molecule has 0 aromatic heterocycles. The van der Waals surface area contributed by atoms with Crippen LogP contribution in [0.2, 0.25) is 5.02 Å². The van der Waals surface area contributed by atoms with Crippen molar-refractivity contribution >= 4 is 17.5 Å². The molecule has 2 atom stereocenters. The van der Waals surface area contributed by atoms with Crippen LogP contribution in [0.5, 0.6) is 0 Å². The van der Waals surface area contributed by atoms with E-state index in [-0.39, 0.29) is 11.9 Å². The number of aliphatic imine (C=N–C) groups is 1. The van der Waals surface area contributed by atoms with Gasteiger partial charge in [0, 0.05) is 5.02 Å². The molecule has 0 fully saturated rings. The minimum atomic E-state index is -0.724. The highest BCUT2D eigenvalue weighted by atomic mass is 35.5. The molecular weight excluding hydrogens is 219 g/mol. The molecule has 2 N–H and O–H groups in total. The normalized spacial score (nSPS) is 24.9. The first-order valence-electron chi connectivity index (χ1n) is 4.51. The number of benzene rings is 1. The summed E-state index contributed by atoms with van der Waals surface area (Å²) in [5.41, 5.74) is 6.55. The van der Waals surface area contributed by atoms with Crippen molar-refractivity contribution in [2.24, 2.45) is 10.7 Å². The molecule has 1 aliphatic heterocycles. The smallest absolute Gasteiger partial charge is 0.218 e.